The molecule has 1 fully saturated rings. The van der Waals surface area contributed by atoms with E-state index in [-0.39, 0.29) is 0 Å². The van der Waals surface area contributed by atoms with Crippen LogP contribution in [0, 0.1) is 19.8 Å². The second-order valence-electron chi connectivity index (χ2n) is 6.95. The lowest BCUT2D eigenvalue weighted by atomic mass is 9.97. The van der Waals surface area contributed by atoms with E-state index >= 15 is 0 Å². The van der Waals surface area contributed by atoms with E-state index < -0.39 is 0 Å². The van der Waals surface area contributed by atoms with Gasteiger partial charge in [0.05, 0.1) is 0 Å². The van der Waals surface area contributed by atoms with Crippen molar-refractivity contribution in [2.45, 2.75) is 33.2 Å². The fourth-order valence-electron chi connectivity index (χ4n) is 3.37. The van der Waals surface area contributed by atoms with Crippen molar-refractivity contribution in [1.82, 2.24) is 19.9 Å². The van der Waals surface area contributed by atoms with Crippen molar-refractivity contribution in [2.75, 3.05) is 31.6 Å². The average Bonchev–Trinajstić information content (AvgIpc) is 2.58. The average molecular weight is 325 g/mol. The maximum Gasteiger partial charge on any atom is 0.225 e. The molecule has 2 aromatic heterocycles. The van der Waals surface area contributed by atoms with Crippen molar-refractivity contribution < 1.29 is 0 Å². The third kappa shape index (κ3) is 4.29. The molecule has 0 spiro atoms. The number of pyridine rings is 1. The largest absolute Gasteiger partial charge is 0.340 e. The third-order valence-electron chi connectivity index (χ3n) is 4.76. The van der Waals surface area contributed by atoms with Gasteiger partial charge >= 0.3 is 0 Å². The Balaban J connectivity index is 1.58. The van der Waals surface area contributed by atoms with Crippen molar-refractivity contribution in [3.63, 3.8) is 0 Å². The molecule has 128 valence electrons. The van der Waals surface area contributed by atoms with Crippen LogP contribution in [0.15, 0.2) is 30.7 Å². The molecule has 0 aliphatic carbocycles. The van der Waals surface area contributed by atoms with E-state index in [1.807, 2.05) is 24.7 Å². The van der Waals surface area contributed by atoms with E-state index in [9.17, 15) is 0 Å². The number of aryl methyl sites for hydroxylation is 2. The van der Waals surface area contributed by atoms with Gasteiger partial charge in [0.2, 0.25) is 5.95 Å². The lowest BCUT2D eigenvalue weighted by Crippen LogP contribution is -2.40. The predicted molar refractivity (Wildman–Crippen MR) is 97.0 cm³/mol. The summed E-state index contributed by atoms with van der Waals surface area (Å²) in [7, 11) is 2.19. The zero-order valence-electron chi connectivity index (χ0n) is 14.9. The van der Waals surface area contributed by atoms with Crippen LogP contribution in [0.2, 0.25) is 0 Å². The van der Waals surface area contributed by atoms with Crippen molar-refractivity contribution in [3.05, 3.63) is 47.5 Å². The summed E-state index contributed by atoms with van der Waals surface area (Å²) in [5, 5.41) is 0. The summed E-state index contributed by atoms with van der Waals surface area (Å²) in [6.45, 7) is 8.26. The van der Waals surface area contributed by atoms with Crippen LogP contribution in [-0.2, 0) is 6.54 Å². The quantitative estimate of drug-likeness (QED) is 0.846. The number of rotatable bonds is 5. The third-order valence-corrected chi connectivity index (χ3v) is 4.76. The van der Waals surface area contributed by atoms with Crippen molar-refractivity contribution in [2.24, 2.45) is 5.92 Å². The fourth-order valence-corrected chi connectivity index (χ4v) is 3.37. The molecular weight excluding hydrogens is 298 g/mol. The molecular formula is C19H27N5. The number of anilines is 1. The van der Waals surface area contributed by atoms with Crippen molar-refractivity contribution in [3.8, 4) is 0 Å². The molecule has 2 aromatic rings. The Kier molecular flexibility index (Phi) is 5.41. The molecule has 5 nitrogen and oxygen atoms in total. The van der Waals surface area contributed by atoms with Gasteiger partial charge in [-0.1, -0.05) is 6.07 Å². The predicted octanol–water partition coefficient (Wildman–Crippen LogP) is 2.84. The number of hydrogen-bond acceptors (Lipinski definition) is 5. The minimum atomic E-state index is 0.658. The highest BCUT2D eigenvalue weighted by Gasteiger charge is 2.23. The molecule has 0 bridgehead atoms. The standard InChI is InChI=1S/C19H27N5/c1-15-10-21-19(22-16(15)2)24-9-5-7-18(14-24)13-23(3)12-17-6-4-8-20-11-17/h4,6,8,10-11,18H,5,7,9,12-14H2,1-3H3/t18-/m1/s1. The van der Waals surface area contributed by atoms with Gasteiger partial charge < -0.3 is 9.80 Å². The van der Waals surface area contributed by atoms with Crippen LogP contribution in [0.4, 0.5) is 5.95 Å². The molecule has 3 rings (SSSR count). The molecule has 1 atom stereocenters. The molecule has 0 amide bonds. The van der Waals surface area contributed by atoms with Crippen LogP contribution in [-0.4, -0.2) is 46.5 Å². The molecule has 0 unspecified atom stereocenters. The molecule has 0 radical (unpaired) electrons. The first-order chi connectivity index (χ1) is 11.6. The summed E-state index contributed by atoms with van der Waals surface area (Å²) < 4.78 is 0. The van der Waals surface area contributed by atoms with E-state index in [2.05, 4.69) is 51.7 Å². The molecule has 0 N–H and O–H groups in total. The first-order valence-electron chi connectivity index (χ1n) is 8.74. The van der Waals surface area contributed by atoms with Crippen LogP contribution in [0.3, 0.4) is 0 Å². The van der Waals surface area contributed by atoms with Gasteiger partial charge in [0, 0.05) is 50.5 Å². The number of aromatic nitrogens is 3. The van der Waals surface area contributed by atoms with Gasteiger partial charge in [-0.25, -0.2) is 9.97 Å². The van der Waals surface area contributed by atoms with E-state index in [4.69, 9.17) is 0 Å². The summed E-state index contributed by atoms with van der Waals surface area (Å²) in [5.41, 5.74) is 3.50. The molecule has 0 saturated carbocycles. The molecule has 1 saturated heterocycles. The van der Waals surface area contributed by atoms with E-state index in [1.165, 1.54) is 18.4 Å². The zero-order valence-corrected chi connectivity index (χ0v) is 14.9. The van der Waals surface area contributed by atoms with Crippen LogP contribution in [0.5, 0.6) is 0 Å². The fraction of sp³-hybridized carbons (Fsp3) is 0.526. The van der Waals surface area contributed by atoms with Gasteiger partial charge in [0.15, 0.2) is 0 Å². The zero-order chi connectivity index (χ0) is 16.9. The highest BCUT2D eigenvalue weighted by Crippen LogP contribution is 2.22. The van der Waals surface area contributed by atoms with E-state index in [0.717, 1.165) is 43.4 Å². The first-order valence-corrected chi connectivity index (χ1v) is 8.74. The molecule has 1 aliphatic heterocycles. The van der Waals surface area contributed by atoms with Crippen LogP contribution in [0.1, 0.15) is 29.7 Å². The highest BCUT2D eigenvalue weighted by molar-refractivity contribution is 5.33. The van der Waals surface area contributed by atoms with E-state index in [1.54, 1.807) is 0 Å². The number of piperidine rings is 1. The normalized spacial score (nSPS) is 18.2. The second kappa shape index (κ2) is 7.71. The monoisotopic (exact) mass is 325 g/mol. The Morgan fingerprint density at radius 1 is 1.29 bits per heavy atom. The summed E-state index contributed by atoms with van der Waals surface area (Å²) in [4.78, 5) is 18.1. The second-order valence-corrected chi connectivity index (χ2v) is 6.95. The summed E-state index contributed by atoms with van der Waals surface area (Å²) in [6, 6.07) is 4.14. The Labute approximate surface area is 144 Å². The molecule has 3 heterocycles. The van der Waals surface area contributed by atoms with Crippen LogP contribution < -0.4 is 4.90 Å². The SMILES string of the molecule is Cc1cnc(N2CCC[C@H](CN(C)Cc3cccnc3)C2)nc1C. The van der Waals surface area contributed by atoms with Gasteiger partial charge in [-0.2, -0.15) is 0 Å². The number of nitrogens with zero attached hydrogens (tertiary/aromatic N) is 5. The van der Waals surface area contributed by atoms with Gasteiger partial charge in [0.1, 0.15) is 0 Å². The molecule has 1 aliphatic rings. The maximum atomic E-state index is 4.67. The molecule has 24 heavy (non-hydrogen) atoms. The molecule has 5 heteroatoms. The lowest BCUT2D eigenvalue weighted by molar-refractivity contribution is 0.247. The Hall–Kier alpha value is -2.01. The van der Waals surface area contributed by atoms with E-state index in [0.29, 0.717) is 5.92 Å². The highest BCUT2D eigenvalue weighted by atomic mass is 15.3. The van der Waals surface area contributed by atoms with Crippen LogP contribution >= 0.6 is 0 Å². The number of hydrogen-bond donors (Lipinski definition) is 0. The lowest BCUT2D eigenvalue weighted by Gasteiger charge is -2.35. The summed E-state index contributed by atoms with van der Waals surface area (Å²) in [5.74, 6) is 1.54. The summed E-state index contributed by atoms with van der Waals surface area (Å²) in [6.07, 6.45) is 8.20. The molecule has 0 aromatic carbocycles. The smallest absolute Gasteiger partial charge is 0.225 e. The Morgan fingerprint density at radius 2 is 2.17 bits per heavy atom. The van der Waals surface area contributed by atoms with Gasteiger partial charge in [-0.15, -0.1) is 0 Å². The Morgan fingerprint density at radius 3 is 2.92 bits per heavy atom. The van der Waals surface area contributed by atoms with Crippen molar-refractivity contribution >= 4 is 5.95 Å². The summed E-state index contributed by atoms with van der Waals surface area (Å²) >= 11 is 0. The van der Waals surface area contributed by atoms with Gasteiger partial charge in [0.25, 0.3) is 0 Å². The first kappa shape index (κ1) is 16.8. The van der Waals surface area contributed by atoms with Crippen molar-refractivity contribution in [1.29, 1.82) is 0 Å². The van der Waals surface area contributed by atoms with Gasteiger partial charge in [-0.05, 0) is 56.8 Å². The maximum absolute atomic E-state index is 4.67. The van der Waals surface area contributed by atoms with Gasteiger partial charge in [-0.3, -0.25) is 4.98 Å². The topological polar surface area (TPSA) is 45.2 Å². The minimum absolute atomic E-state index is 0.658. The van der Waals surface area contributed by atoms with Crippen LogP contribution in [0.25, 0.3) is 0 Å². The Bertz CT molecular complexity index is 658. The minimum Gasteiger partial charge on any atom is -0.340 e.